The van der Waals surface area contributed by atoms with Crippen molar-refractivity contribution in [2.45, 2.75) is 32.2 Å². The lowest BCUT2D eigenvalue weighted by molar-refractivity contribution is 0.519. The number of benzene rings is 1. The van der Waals surface area contributed by atoms with Gasteiger partial charge >= 0.3 is 0 Å². The minimum atomic E-state index is 0.590. The normalized spacial score (nSPS) is 24.9. The van der Waals surface area contributed by atoms with Crippen molar-refractivity contribution in [2.75, 3.05) is 20.1 Å². The van der Waals surface area contributed by atoms with E-state index in [9.17, 15) is 0 Å². The summed E-state index contributed by atoms with van der Waals surface area (Å²) in [6, 6.07) is 7.49. The Kier molecular flexibility index (Phi) is 3.62. The number of hydrogen-bond donors (Lipinski definition) is 2. The van der Waals surface area contributed by atoms with Gasteiger partial charge in [0, 0.05) is 18.5 Å². The van der Waals surface area contributed by atoms with Crippen LogP contribution >= 0.6 is 0 Å². The maximum Gasteiger partial charge on any atom is 0.0261 e. The third kappa shape index (κ3) is 2.28. The van der Waals surface area contributed by atoms with E-state index < -0.39 is 0 Å². The van der Waals surface area contributed by atoms with Crippen LogP contribution in [0.1, 0.15) is 29.0 Å². The first-order valence-corrected chi connectivity index (χ1v) is 6.17. The molecule has 1 unspecified atom stereocenters. The largest absolute Gasteiger partial charge is 0.318 e. The summed E-state index contributed by atoms with van der Waals surface area (Å²) in [5.41, 5.74) is 4.29. The molecule has 1 aromatic rings. The summed E-state index contributed by atoms with van der Waals surface area (Å²) in [7, 11) is 2.03. The molecule has 0 aromatic heterocycles. The Morgan fingerprint density at radius 3 is 2.81 bits per heavy atom. The Labute approximate surface area is 98.4 Å². The van der Waals surface area contributed by atoms with Crippen LogP contribution in [-0.4, -0.2) is 26.2 Å². The van der Waals surface area contributed by atoms with E-state index in [1.807, 2.05) is 7.05 Å². The van der Waals surface area contributed by atoms with Crippen LogP contribution in [0.5, 0.6) is 0 Å². The molecule has 1 fully saturated rings. The fourth-order valence-corrected chi connectivity index (χ4v) is 2.60. The smallest absolute Gasteiger partial charge is 0.0261 e. The zero-order chi connectivity index (χ0) is 11.5. The molecule has 2 N–H and O–H groups in total. The molecule has 2 rings (SSSR count). The SMILES string of the molecule is CNC[C@H]1NCCC1c1ccc(C)c(C)c1. The lowest BCUT2D eigenvalue weighted by atomic mass is 9.90. The first kappa shape index (κ1) is 11.6. The lowest BCUT2D eigenvalue weighted by Gasteiger charge is -2.20. The molecule has 0 saturated carbocycles. The summed E-state index contributed by atoms with van der Waals surface area (Å²) >= 11 is 0. The molecular formula is C14H22N2. The van der Waals surface area contributed by atoms with E-state index in [1.54, 1.807) is 0 Å². The van der Waals surface area contributed by atoms with E-state index in [0.29, 0.717) is 12.0 Å². The highest BCUT2D eigenvalue weighted by atomic mass is 15.0. The molecule has 88 valence electrons. The zero-order valence-electron chi connectivity index (χ0n) is 10.5. The fraction of sp³-hybridized carbons (Fsp3) is 0.571. The van der Waals surface area contributed by atoms with Crippen LogP contribution in [0, 0.1) is 13.8 Å². The highest BCUT2D eigenvalue weighted by Gasteiger charge is 2.27. The molecule has 1 saturated heterocycles. The van der Waals surface area contributed by atoms with Gasteiger partial charge in [-0.15, -0.1) is 0 Å². The second kappa shape index (κ2) is 4.98. The van der Waals surface area contributed by atoms with Gasteiger partial charge in [0.25, 0.3) is 0 Å². The average Bonchev–Trinajstić information content (AvgIpc) is 2.71. The summed E-state index contributed by atoms with van der Waals surface area (Å²) < 4.78 is 0. The highest BCUT2D eigenvalue weighted by Crippen LogP contribution is 2.28. The maximum atomic E-state index is 3.58. The van der Waals surface area contributed by atoms with Crippen LogP contribution < -0.4 is 10.6 Å². The first-order valence-electron chi connectivity index (χ1n) is 6.17. The molecule has 0 spiro atoms. The van der Waals surface area contributed by atoms with E-state index in [1.165, 1.54) is 23.1 Å². The first-order chi connectivity index (χ1) is 7.72. The molecule has 2 atom stereocenters. The van der Waals surface area contributed by atoms with Crippen LogP contribution in [0.25, 0.3) is 0 Å². The Hall–Kier alpha value is -0.860. The van der Waals surface area contributed by atoms with E-state index in [0.717, 1.165) is 13.1 Å². The second-order valence-electron chi connectivity index (χ2n) is 4.86. The molecule has 2 heteroatoms. The maximum absolute atomic E-state index is 3.58. The molecule has 1 aliphatic heterocycles. The second-order valence-corrected chi connectivity index (χ2v) is 4.86. The van der Waals surface area contributed by atoms with E-state index >= 15 is 0 Å². The van der Waals surface area contributed by atoms with Crippen molar-refractivity contribution in [3.05, 3.63) is 34.9 Å². The Morgan fingerprint density at radius 1 is 1.31 bits per heavy atom. The number of aryl methyl sites for hydroxylation is 2. The fourth-order valence-electron chi connectivity index (χ4n) is 2.60. The standard InChI is InChI=1S/C14H22N2/c1-10-4-5-12(8-11(10)2)13-6-7-16-14(13)9-15-3/h4-5,8,13-16H,6-7,9H2,1-3H3/t13?,14-/m1/s1. The molecule has 2 nitrogen and oxygen atoms in total. The van der Waals surface area contributed by atoms with Gasteiger partial charge < -0.3 is 10.6 Å². The van der Waals surface area contributed by atoms with Gasteiger partial charge in [0.15, 0.2) is 0 Å². The average molecular weight is 218 g/mol. The number of hydrogen-bond acceptors (Lipinski definition) is 2. The summed E-state index contributed by atoms with van der Waals surface area (Å²) in [5, 5.41) is 6.85. The van der Waals surface area contributed by atoms with E-state index in [-0.39, 0.29) is 0 Å². The minimum Gasteiger partial charge on any atom is -0.318 e. The predicted molar refractivity (Wildman–Crippen MR) is 69.0 cm³/mol. The molecule has 0 bridgehead atoms. The van der Waals surface area contributed by atoms with Gasteiger partial charge in [-0.3, -0.25) is 0 Å². The Balaban J connectivity index is 2.19. The lowest BCUT2D eigenvalue weighted by Crippen LogP contribution is -2.35. The molecule has 0 radical (unpaired) electrons. The topological polar surface area (TPSA) is 24.1 Å². The Bertz CT molecular complexity index is 360. The number of rotatable bonds is 3. The third-order valence-electron chi connectivity index (χ3n) is 3.73. The quantitative estimate of drug-likeness (QED) is 0.810. The van der Waals surface area contributed by atoms with Crippen molar-refractivity contribution >= 4 is 0 Å². The van der Waals surface area contributed by atoms with Crippen molar-refractivity contribution in [2.24, 2.45) is 0 Å². The van der Waals surface area contributed by atoms with Crippen LogP contribution in [0.4, 0.5) is 0 Å². The molecule has 16 heavy (non-hydrogen) atoms. The third-order valence-corrected chi connectivity index (χ3v) is 3.73. The molecule has 1 heterocycles. The van der Waals surface area contributed by atoms with Crippen LogP contribution in [0.2, 0.25) is 0 Å². The van der Waals surface area contributed by atoms with Gasteiger partial charge in [-0.05, 0) is 50.6 Å². The molecule has 1 aromatic carbocycles. The van der Waals surface area contributed by atoms with Gasteiger partial charge in [0.2, 0.25) is 0 Å². The van der Waals surface area contributed by atoms with Crippen molar-refractivity contribution < 1.29 is 0 Å². The number of nitrogens with one attached hydrogen (secondary N) is 2. The van der Waals surface area contributed by atoms with Crippen molar-refractivity contribution in [3.63, 3.8) is 0 Å². The Morgan fingerprint density at radius 2 is 2.12 bits per heavy atom. The minimum absolute atomic E-state index is 0.590. The number of likely N-dealkylation sites (N-methyl/N-ethyl adjacent to an activating group) is 1. The van der Waals surface area contributed by atoms with Crippen molar-refractivity contribution in [3.8, 4) is 0 Å². The van der Waals surface area contributed by atoms with Gasteiger partial charge in [0.1, 0.15) is 0 Å². The van der Waals surface area contributed by atoms with E-state index in [2.05, 4.69) is 42.7 Å². The summed E-state index contributed by atoms with van der Waals surface area (Å²) in [6.45, 7) is 6.58. The van der Waals surface area contributed by atoms with Crippen LogP contribution in [-0.2, 0) is 0 Å². The summed E-state index contributed by atoms with van der Waals surface area (Å²) in [4.78, 5) is 0. The van der Waals surface area contributed by atoms with Crippen molar-refractivity contribution in [1.82, 2.24) is 10.6 Å². The van der Waals surface area contributed by atoms with Gasteiger partial charge in [-0.1, -0.05) is 18.2 Å². The van der Waals surface area contributed by atoms with Gasteiger partial charge in [-0.25, -0.2) is 0 Å². The zero-order valence-corrected chi connectivity index (χ0v) is 10.5. The summed E-state index contributed by atoms with van der Waals surface area (Å²) in [6.07, 6.45) is 1.26. The highest BCUT2D eigenvalue weighted by molar-refractivity contribution is 5.33. The molecule has 1 aliphatic rings. The summed E-state index contributed by atoms with van der Waals surface area (Å²) in [5.74, 6) is 0.673. The monoisotopic (exact) mass is 218 g/mol. The van der Waals surface area contributed by atoms with E-state index in [4.69, 9.17) is 0 Å². The van der Waals surface area contributed by atoms with Gasteiger partial charge in [-0.2, -0.15) is 0 Å². The van der Waals surface area contributed by atoms with Crippen LogP contribution in [0.15, 0.2) is 18.2 Å². The van der Waals surface area contributed by atoms with Gasteiger partial charge in [0.05, 0.1) is 0 Å². The molecule has 0 aliphatic carbocycles. The van der Waals surface area contributed by atoms with Crippen molar-refractivity contribution in [1.29, 1.82) is 0 Å². The van der Waals surface area contributed by atoms with Crippen LogP contribution in [0.3, 0.4) is 0 Å². The predicted octanol–water partition coefficient (Wildman–Crippen LogP) is 1.97. The molecule has 0 amide bonds. The molecular weight excluding hydrogens is 196 g/mol.